The SMILES string of the molecule is CCNC(=NCc1ncnn1C)NC1CC2CCC(C1)N2Cc1ccccc1. The number of nitrogens with one attached hydrogen (secondary N) is 2. The van der Waals surface area contributed by atoms with E-state index in [-0.39, 0.29) is 0 Å². The quantitative estimate of drug-likeness (QED) is 0.592. The first kappa shape index (κ1) is 18.9. The van der Waals surface area contributed by atoms with Crippen molar-refractivity contribution in [3.63, 3.8) is 0 Å². The summed E-state index contributed by atoms with van der Waals surface area (Å²) in [7, 11) is 1.90. The lowest BCUT2D eigenvalue weighted by molar-refractivity contribution is 0.114. The van der Waals surface area contributed by atoms with Crippen molar-refractivity contribution < 1.29 is 0 Å². The van der Waals surface area contributed by atoms with Crippen molar-refractivity contribution in [2.75, 3.05) is 6.54 Å². The number of rotatable bonds is 6. The summed E-state index contributed by atoms with van der Waals surface area (Å²) in [4.78, 5) is 11.7. The van der Waals surface area contributed by atoms with Gasteiger partial charge in [0.2, 0.25) is 0 Å². The first-order chi connectivity index (χ1) is 13.7. The number of aromatic nitrogens is 3. The predicted octanol–water partition coefficient (Wildman–Crippen LogP) is 2.07. The van der Waals surface area contributed by atoms with Crippen molar-refractivity contribution in [2.24, 2.45) is 12.0 Å². The Labute approximate surface area is 167 Å². The van der Waals surface area contributed by atoms with Gasteiger partial charge in [0.15, 0.2) is 5.96 Å². The fraction of sp³-hybridized carbons (Fsp3) is 0.571. The molecule has 0 amide bonds. The van der Waals surface area contributed by atoms with Gasteiger partial charge in [0.05, 0.1) is 0 Å². The summed E-state index contributed by atoms with van der Waals surface area (Å²) in [5.41, 5.74) is 1.42. The number of hydrogen-bond acceptors (Lipinski definition) is 4. The van der Waals surface area contributed by atoms with E-state index in [0.29, 0.717) is 24.7 Å². The molecular formula is C21H31N7. The molecule has 4 rings (SSSR count). The molecule has 2 fully saturated rings. The Hall–Kier alpha value is -2.41. The maximum absolute atomic E-state index is 4.73. The Morgan fingerprint density at radius 3 is 2.57 bits per heavy atom. The Balaban J connectivity index is 1.37. The summed E-state index contributed by atoms with van der Waals surface area (Å²) >= 11 is 0. The lowest BCUT2D eigenvalue weighted by atomic mass is 9.96. The van der Waals surface area contributed by atoms with E-state index in [1.54, 1.807) is 11.0 Å². The molecule has 2 aliphatic heterocycles. The van der Waals surface area contributed by atoms with Crippen LogP contribution in [0.2, 0.25) is 0 Å². The van der Waals surface area contributed by atoms with Crippen LogP contribution in [-0.4, -0.2) is 50.3 Å². The van der Waals surface area contributed by atoms with Gasteiger partial charge in [-0.1, -0.05) is 30.3 Å². The molecule has 1 aromatic carbocycles. The number of aliphatic imine (C=N–C) groups is 1. The zero-order valence-corrected chi connectivity index (χ0v) is 16.9. The van der Waals surface area contributed by atoms with E-state index >= 15 is 0 Å². The van der Waals surface area contributed by atoms with Crippen LogP contribution < -0.4 is 10.6 Å². The lowest BCUT2D eigenvalue weighted by Gasteiger charge is -2.39. The van der Waals surface area contributed by atoms with Crippen LogP contribution in [0.3, 0.4) is 0 Å². The first-order valence-electron chi connectivity index (χ1n) is 10.4. The average molecular weight is 382 g/mol. The molecule has 0 aliphatic carbocycles. The van der Waals surface area contributed by atoms with Crippen LogP contribution in [0.5, 0.6) is 0 Å². The van der Waals surface area contributed by atoms with Crippen molar-refractivity contribution in [3.8, 4) is 0 Å². The van der Waals surface area contributed by atoms with Crippen molar-refractivity contribution in [1.82, 2.24) is 30.3 Å². The van der Waals surface area contributed by atoms with Crippen LogP contribution in [0.25, 0.3) is 0 Å². The molecule has 2 atom stereocenters. The molecule has 2 N–H and O–H groups in total. The van der Waals surface area contributed by atoms with Crippen molar-refractivity contribution in [3.05, 3.63) is 48.0 Å². The van der Waals surface area contributed by atoms with E-state index in [2.05, 4.69) is 62.9 Å². The molecular weight excluding hydrogens is 350 g/mol. The number of guanidine groups is 1. The maximum Gasteiger partial charge on any atom is 0.191 e. The highest BCUT2D eigenvalue weighted by Crippen LogP contribution is 2.36. The summed E-state index contributed by atoms with van der Waals surface area (Å²) in [6.07, 6.45) is 6.55. The van der Waals surface area contributed by atoms with Gasteiger partial charge in [-0.05, 0) is 38.2 Å². The van der Waals surface area contributed by atoms with E-state index in [1.165, 1.54) is 31.2 Å². The van der Waals surface area contributed by atoms with Crippen molar-refractivity contribution >= 4 is 5.96 Å². The van der Waals surface area contributed by atoms with Gasteiger partial charge < -0.3 is 10.6 Å². The third-order valence-electron chi connectivity index (χ3n) is 5.96. The number of hydrogen-bond donors (Lipinski definition) is 2. The van der Waals surface area contributed by atoms with E-state index in [1.807, 2.05) is 7.05 Å². The summed E-state index contributed by atoms with van der Waals surface area (Å²) in [6, 6.07) is 12.7. The third kappa shape index (κ3) is 4.35. The second-order valence-electron chi connectivity index (χ2n) is 7.85. The van der Waals surface area contributed by atoms with E-state index in [9.17, 15) is 0 Å². The fourth-order valence-electron chi connectivity index (χ4n) is 4.57. The number of benzene rings is 1. The topological polar surface area (TPSA) is 70.4 Å². The number of fused-ring (bicyclic) bond motifs is 2. The largest absolute Gasteiger partial charge is 0.357 e. The van der Waals surface area contributed by atoms with E-state index in [4.69, 9.17) is 4.99 Å². The van der Waals surface area contributed by atoms with Crippen LogP contribution in [0.4, 0.5) is 0 Å². The smallest absolute Gasteiger partial charge is 0.191 e. The molecule has 1 aromatic heterocycles. The Bertz CT molecular complexity index is 771. The molecule has 7 nitrogen and oxygen atoms in total. The normalized spacial score (nSPS) is 25.1. The van der Waals surface area contributed by atoms with Gasteiger partial charge in [-0.15, -0.1) is 0 Å². The van der Waals surface area contributed by atoms with Crippen LogP contribution in [0.1, 0.15) is 44.0 Å². The third-order valence-corrected chi connectivity index (χ3v) is 5.96. The van der Waals surface area contributed by atoms with Crippen molar-refractivity contribution in [1.29, 1.82) is 0 Å². The average Bonchev–Trinajstić information content (AvgIpc) is 3.20. The number of aryl methyl sites for hydroxylation is 1. The Morgan fingerprint density at radius 1 is 1.18 bits per heavy atom. The van der Waals surface area contributed by atoms with E-state index in [0.717, 1.165) is 24.9 Å². The van der Waals surface area contributed by atoms with Crippen LogP contribution in [0, 0.1) is 0 Å². The second-order valence-corrected chi connectivity index (χ2v) is 7.85. The van der Waals surface area contributed by atoms with Crippen LogP contribution in [0.15, 0.2) is 41.7 Å². The van der Waals surface area contributed by atoms with Gasteiger partial charge in [0, 0.05) is 38.3 Å². The molecule has 2 aromatic rings. The second kappa shape index (κ2) is 8.73. The minimum Gasteiger partial charge on any atom is -0.357 e. The maximum atomic E-state index is 4.73. The fourth-order valence-corrected chi connectivity index (χ4v) is 4.57. The highest BCUT2D eigenvalue weighted by atomic mass is 15.3. The monoisotopic (exact) mass is 381 g/mol. The number of nitrogens with zero attached hydrogens (tertiary/aromatic N) is 5. The summed E-state index contributed by atoms with van der Waals surface area (Å²) < 4.78 is 1.77. The zero-order valence-electron chi connectivity index (χ0n) is 16.9. The Kier molecular flexibility index (Phi) is 5.90. The van der Waals surface area contributed by atoms with Crippen LogP contribution >= 0.6 is 0 Å². The molecule has 2 unspecified atom stereocenters. The van der Waals surface area contributed by atoms with Gasteiger partial charge in [0.1, 0.15) is 18.7 Å². The Morgan fingerprint density at radius 2 is 1.93 bits per heavy atom. The van der Waals surface area contributed by atoms with Gasteiger partial charge >= 0.3 is 0 Å². The zero-order chi connectivity index (χ0) is 19.3. The minimum atomic E-state index is 0.474. The molecule has 28 heavy (non-hydrogen) atoms. The first-order valence-corrected chi connectivity index (χ1v) is 10.4. The molecule has 3 heterocycles. The van der Waals surface area contributed by atoms with Crippen LogP contribution in [-0.2, 0) is 20.1 Å². The van der Waals surface area contributed by atoms with Gasteiger partial charge in [-0.25, -0.2) is 9.98 Å². The molecule has 2 bridgehead atoms. The molecule has 0 radical (unpaired) electrons. The highest BCUT2D eigenvalue weighted by Gasteiger charge is 2.40. The molecule has 150 valence electrons. The summed E-state index contributed by atoms with van der Waals surface area (Å²) in [5.74, 6) is 1.75. The van der Waals surface area contributed by atoms with E-state index < -0.39 is 0 Å². The van der Waals surface area contributed by atoms with Gasteiger partial charge in [-0.2, -0.15) is 5.10 Å². The molecule has 7 heteroatoms. The van der Waals surface area contributed by atoms with Gasteiger partial charge in [-0.3, -0.25) is 9.58 Å². The van der Waals surface area contributed by atoms with Gasteiger partial charge in [0.25, 0.3) is 0 Å². The standard InChI is InChI=1S/C21H31N7/c1-3-22-21(23-13-20-24-15-25-27(20)2)26-17-11-18-9-10-19(12-17)28(18)14-16-7-5-4-6-8-16/h4-8,15,17-19H,3,9-14H2,1-2H3,(H2,22,23,26). The van der Waals surface area contributed by atoms with Crippen molar-refractivity contribution in [2.45, 2.75) is 63.8 Å². The summed E-state index contributed by atoms with van der Waals surface area (Å²) in [6.45, 7) is 4.56. The number of piperidine rings is 1. The summed E-state index contributed by atoms with van der Waals surface area (Å²) in [5, 5.41) is 11.2. The molecule has 0 saturated carbocycles. The minimum absolute atomic E-state index is 0.474. The lowest BCUT2D eigenvalue weighted by Crippen LogP contribution is -2.52. The molecule has 2 saturated heterocycles. The highest BCUT2D eigenvalue weighted by molar-refractivity contribution is 5.80. The molecule has 2 aliphatic rings. The predicted molar refractivity (Wildman–Crippen MR) is 111 cm³/mol. The molecule has 0 spiro atoms.